The maximum absolute atomic E-state index is 12.3. The Morgan fingerprint density at radius 3 is 1.39 bits per heavy atom. The van der Waals surface area contributed by atoms with Crippen LogP contribution in [0.15, 0.2) is 178 Å². The van der Waals surface area contributed by atoms with Crippen molar-refractivity contribution >= 4 is 16.9 Å². The molecule has 49 heavy (non-hydrogen) atoms. The Kier molecular flexibility index (Phi) is 15.0. The van der Waals surface area contributed by atoms with Crippen LogP contribution in [-0.4, -0.2) is 35.9 Å². The average molecular weight is 679 g/mol. The van der Waals surface area contributed by atoms with Crippen LogP contribution in [0.2, 0.25) is 0 Å². The molecule has 0 saturated carbocycles. The van der Waals surface area contributed by atoms with Crippen LogP contribution in [0.5, 0.6) is 0 Å². The highest BCUT2D eigenvalue weighted by Crippen LogP contribution is 2.33. The van der Waals surface area contributed by atoms with Gasteiger partial charge in [0.05, 0.1) is 14.9 Å². The number of anilines is 2. The summed E-state index contributed by atoms with van der Waals surface area (Å²) in [5, 5.41) is 12.3. The van der Waals surface area contributed by atoms with Gasteiger partial charge in [0, 0.05) is 37.6 Å². The number of allylic oxidation sites excluding steroid dienone is 2. The maximum atomic E-state index is 12.3. The average Bonchev–Trinajstić information content (AvgIpc) is 3.10. The molecule has 4 aromatic rings. The minimum absolute atomic E-state index is 0.711. The van der Waals surface area contributed by atoms with E-state index in [9.17, 15) is 5.11 Å². The van der Waals surface area contributed by atoms with Crippen molar-refractivity contribution in [2.45, 2.75) is 5.60 Å². The molecule has 0 amide bonds. The fourth-order valence-corrected chi connectivity index (χ4v) is 5.28. The quantitative estimate of drug-likeness (QED) is 0.129. The van der Waals surface area contributed by atoms with Gasteiger partial charge in [-0.25, -0.2) is 0 Å². The SMILES string of the molecule is C=CCN(CC=C)c1ccc(/C(=C/C=C/C(O)(c2ccccc2)c2ccc(N(CC=C)CC=C)cc2)c2ccccc2)cc1.[O-][Cl+3]([O-])([O-])O. The summed E-state index contributed by atoms with van der Waals surface area (Å²) < 4.78 is 32.7. The number of hydrogen-bond donors (Lipinski definition) is 2. The van der Waals surface area contributed by atoms with Gasteiger partial charge in [0.1, 0.15) is 5.60 Å². The summed E-state index contributed by atoms with van der Waals surface area (Å²) in [6.45, 7) is 18.5. The molecule has 254 valence electrons. The van der Waals surface area contributed by atoms with Gasteiger partial charge in [0.2, 0.25) is 0 Å². The molecule has 1 atom stereocenters. The van der Waals surface area contributed by atoms with E-state index in [0.29, 0.717) is 13.1 Å². The normalized spacial score (nSPS) is 12.6. The summed E-state index contributed by atoms with van der Waals surface area (Å²) in [6, 6.07) is 36.7. The van der Waals surface area contributed by atoms with Gasteiger partial charge in [-0.1, -0.05) is 121 Å². The zero-order valence-electron chi connectivity index (χ0n) is 27.5. The first kappa shape index (κ1) is 38.5. The summed E-state index contributed by atoms with van der Waals surface area (Å²) in [5.41, 5.74) is 5.63. The largest absolute Gasteiger partial charge is 0.377 e. The van der Waals surface area contributed by atoms with Gasteiger partial charge in [-0.2, -0.15) is 14.0 Å². The third-order valence-electron chi connectivity index (χ3n) is 7.51. The van der Waals surface area contributed by atoms with Gasteiger partial charge >= 0.3 is 0 Å². The monoisotopic (exact) mass is 678 g/mol. The minimum atomic E-state index is -4.69. The highest BCUT2D eigenvalue weighted by atomic mass is 35.7. The predicted molar refractivity (Wildman–Crippen MR) is 192 cm³/mol. The highest BCUT2D eigenvalue weighted by molar-refractivity contribution is 5.81. The molecule has 0 bridgehead atoms. The van der Waals surface area contributed by atoms with Crippen LogP contribution in [0, 0.1) is 10.2 Å². The van der Waals surface area contributed by atoms with Crippen molar-refractivity contribution in [2.24, 2.45) is 0 Å². The molecule has 4 rings (SSSR count). The number of nitrogens with zero attached hydrogens (tertiary/aromatic N) is 2. The first-order valence-corrected chi connectivity index (χ1v) is 16.8. The summed E-state index contributed by atoms with van der Waals surface area (Å²) in [7, 11) is -4.69. The van der Waals surface area contributed by atoms with Crippen molar-refractivity contribution in [2.75, 3.05) is 36.0 Å². The van der Waals surface area contributed by atoms with Gasteiger partial charge in [0.15, 0.2) is 0 Å². The van der Waals surface area contributed by atoms with Crippen molar-refractivity contribution in [1.29, 1.82) is 0 Å². The van der Waals surface area contributed by atoms with E-state index in [2.05, 4.69) is 78.6 Å². The lowest BCUT2D eigenvalue weighted by atomic mass is 9.85. The molecule has 1 unspecified atom stereocenters. The van der Waals surface area contributed by atoms with Gasteiger partial charge in [-0.05, 0) is 58.2 Å². The lowest BCUT2D eigenvalue weighted by Crippen LogP contribution is -2.58. The number of hydrogen-bond acceptors (Lipinski definition) is 7. The fraction of sp³-hybridized carbons (Fsp3) is 0.122. The van der Waals surface area contributed by atoms with E-state index in [-0.39, 0.29) is 0 Å². The Morgan fingerprint density at radius 2 is 0.959 bits per heavy atom. The third-order valence-corrected chi connectivity index (χ3v) is 7.51. The first-order valence-electron chi connectivity index (χ1n) is 15.5. The van der Waals surface area contributed by atoms with Crippen LogP contribution in [0.25, 0.3) is 5.57 Å². The Balaban J connectivity index is 0.00000121. The molecule has 7 nitrogen and oxygen atoms in total. The zero-order chi connectivity index (χ0) is 35.7. The second-order valence-electron chi connectivity index (χ2n) is 10.9. The van der Waals surface area contributed by atoms with Gasteiger partial charge < -0.3 is 14.9 Å². The number of aliphatic hydroxyl groups is 1. The minimum Gasteiger partial charge on any atom is -0.377 e. The molecule has 0 radical (unpaired) electrons. The second kappa shape index (κ2) is 19.1. The number of rotatable bonds is 16. The summed E-state index contributed by atoms with van der Waals surface area (Å²) in [6.07, 6.45) is 13.5. The highest BCUT2D eigenvalue weighted by Gasteiger charge is 2.28. The van der Waals surface area contributed by atoms with Crippen LogP contribution >= 0.6 is 0 Å². The zero-order valence-corrected chi connectivity index (χ0v) is 28.2. The molecule has 0 heterocycles. The standard InChI is InChI=1S/C41H42N2O.ClHO4/c1-5-30-42(31-6-2)38-25-21-35(22-26-38)40(34-16-11-9-12-17-34)20-15-29-41(44,36-18-13-10-14-19-36)37-23-27-39(28-24-37)43(32-7-3)33-8-4;2-1(3,4)5/h5-29,44H,1-4,30-33H2;(H,2,3,4,5)/b29-15+,40-20+;. The van der Waals surface area contributed by atoms with Crippen LogP contribution in [-0.2, 0) is 5.60 Å². The van der Waals surface area contributed by atoms with E-state index >= 15 is 0 Å². The van der Waals surface area contributed by atoms with Crippen molar-refractivity contribution < 1.29 is 34.0 Å². The topological polar surface area (TPSA) is 116 Å². The molecular weight excluding hydrogens is 636 g/mol. The fourth-order valence-electron chi connectivity index (χ4n) is 5.28. The maximum Gasteiger partial charge on any atom is 0.133 e. The Bertz CT molecular complexity index is 1660. The molecular formula is C41H43ClN2O5. The van der Waals surface area contributed by atoms with Gasteiger partial charge in [-0.15, -0.1) is 26.3 Å². The lowest BCUT2D eigenvalue weighted by molar-refractivity contribution is -1.92. The summed E-state index contributed by atoms with van der Waals surface area (Å²) >= 11 is 0. The van der Waals surface area contributed by atoms with Gasteiger partial charge in [0.25, 0.3) is 0 Å². The lowest BCUT2D eigenvalue weighted by Gasteiger charge is -2.27. The van der Waals surface area contributed by atoms with E-state index in [1.54, 1.807) is 0 Å². The Hall–Kier alpha value is -4.99. The molecule has 0 spiro atoms. The van der Waals surface area contributed by atoms with Crippen molar-refractivity contribution in [1.82, 2.24) is 0 Å². The second-order valence-corrected chi connectivity index (χ2v) is 11.7. The van der Waals surface area contributed by atoms with Crippen LogP contribution < -0.4 is 23.8 Å². The van der Waals surface area contributed by atoms with Crippen molar-refractivity contribution in [3.05, 3.63) is 200 Å². The Labute approximate surface area is 292 Å². The van der Waals surface area contributed by atoms with E-state index in [0.717, 1.165) is 52.3 Å². The van der Waals surface area contributed by atoms with Crippen molar-refractivity contribution in [3.8, 4) is 0 Å². The molecule has 0 saturated heterocycles. The smallest absolute Gasteiger partial charge is 0.133 e. The molecule has 0 aliphatic rings. The third kappa shape index (κ3) is 11.9. The molecule has 0 fully saturated rings. The molecule has 2 N–H and O–H groups in total. The van der Waals surface area contributed by atoms with Crippen LogP contribution in [0.4, 0.5) is 11.4 Å². The Morgan fingerprint density at radius 1 is 0.592 bits per heavy atom. The van der Waals surface area contributed by atoms with E-state index in [1.165, 1.54) is 0 Å². The molecule has 0 aromatic heterocycles. The van der Waals surface area contributed by atoms with Crippen molar-refractivity contribution in [3.63, 3.8) is 0 Å². The molecule has 0 aliphatic carbocycles. The predicted octanol–water partition coefficient (Wildman–Crippen LogP) is 4.84. The number of benzene rings is 4. The van der Waals surface area contributed by atoms with E-state index in [1.807, 2.05) is 109 Å². The molecule has 0 aliphatic heterocycles. The summed E-state index contributed by atoms with van der Waals surface area (Å²) in [5.74, 6) is 0. The van der Waals surface area contributed by atoms with Crippen LogP contribution in [0.1, 0.15) is 22.3 Å². The first-order chi connectivity index (χ1) is 23.5. The molecule has 4 aromatic carbocycles. The number of halogens is 1. The molecule has 8 heteroatoms. The van der Waals surface area contributed by atoms with Gasteiger partial charge in [-0.3, -0.25) is 0 Å². The van der Waals surface area contributed by atoms with E-state index < -0.39 is 15.8 Å². The van der Waals surface area contributed by atoms with E-state index in [4.69, 9.17) is 18.6 Å². The summed E-state index contributed by atoms with van der Waals surface area (Å²) in [4.78, 5) is 4.39. The van der Waals surface area contributed by atoms with Crippen LogP contribution in [0.3, 0.4) is 0 Å².